The minimum Gasteiger partial charge on any atom is -0.497 e. The molecule has 0 saturated carbocycles. The molecule has 3 N–H and O–H groups in total. The van der Waals surface area contributed by atoms with Gasteiger partial charge in [-0.05, 0) is 29.7 Å². The van der Waals surface area contributed by atoms with Gasteiger partial charge in [0.25, 0.3) is 0 Å². The summed E-state index contributed by atoms with van der Waals surface area (Å²) < 4.78 is 5.07. The Morgan fingerprint density at radius 2 is 2.23 bits per heavy atom. The third-order valence-electron chi connectivity index (χ3n) is 2.53. The molecule has 2 unspecified atom stereocenters. The fourth-order valence-electron chi connectivity index (χ4n) is 1.80. The van der Waals surface area contributed by atoms with E-state index in [1.807, 2.05) is 18.2 Å². The first-order valence-electron chi connectivity index (χ1n) is 4.34. The highest BCUT2D eigenvalue weighted by molar-refractivity contribution is 5.41. The van der Waals surface area contributed by atoms with Crippen LogP contribution in [0.2, 0.25) is 0 Å². The zero-order valence-electron chi connectivity index (χ0n) is 7.53. The lowest BCUT2D eigenvalue weighted by Crippen LogP contribution is -2.05. The SMILES string of the molecule is COc1ccc2c(c1)C(O)CC2N. The minimum atomic E-state index is -0.430. The molecule has 0 saturated heterocycles. The van der Waals surface area contributed by atoms with Crippen LogP contribution in [0.25, 0.3) is 0 Å². The van der Waals surface area contributed by atoms with Crippen LogP contribution in [0.3, 0.4) is 0 Å². The summed E-state index contributed by atoms with van der Waals surface area (Å²) in [7, 11) is 1.61. The molecule has 0 amide bonds. The lowest BCUT2D eigenvalue weighted by molar-refractivity contribution is 0.173. The molecule has 1 aromatic carbocycles. The first kappa shape index (κ1) is 8.53. The number of aliphatic hydroxyl groups excluding tert-OH is 1. The van der Waals surface area contributed by atoms with Gasteiger partial charge >= 0.3 is 0 Å². The maximum Gasteiger partial charge on any atom is 0.119 e. The Hall–Kier alpha value is -1.06. The largest absolute Gasteiger partial charge is 0.497 e. The molecule has 0 aliphatic heterocycles. The van der Waals surface area contributed by atoms with Crippen molar-refractivity contribution in [3.05, 3.63) is 29.3 Å². The number of hydrogen-bond donors (Lipinski definition) is 2. The monoisotopic (exact) mass is 179 g/mol. The van der Waals surface area contributed by atoms with Crippen LogP contribution in [-0.4, -0.2) is 12.2 Å². The number of benzene rings is 1. The van der Waals surface area contributed by atoms with Crippen molar-refractivity contribution in [1.82, 2.24) is 0 Å². The molecule has 3 heteroatoms. The Kier molecular flexibility index (Phi) is 1.98. The molecule has 2 atom stereocenters. The lowest BCUT2D eigenvalue weighted by Gasteiger charge is -2.06. The summed E-state index contributed by atoms with van der Waals surface area (Å²) in [4.78, 5) is 0. The summed E-state index contributed by atoms with van der Waals surface area (Å²) in [5, 5.41) is 9.64. The molecular formula is C10H13NO2. The molecule has 0 fully saturated rings. The highest BCUT2D eigenvalue weighted by Crippen LogP contribution is 2.38. The molecule has 1 aliphatic rings. The summed E-state index contributed by atoms with van der Waals surface area (Å²) in [5.74, 6) is 0.770. The van der Waals surface area contributed by atoms with E-state index in [0.717, 1.165) is 16.9 Å². The van der Waals surface area contributed by atoms with Gasteiger partial charge in [0.2, 0.25) is 0 Å². The molecule has 0 radical (unpaired) electrons. The van der Waals surface area contributed by atoms with Crippen LogP contribution in [0.4, 0.5) is 0 Å². The van der Waals surface area contributed by atoms with Gasteiger partial charge in [0.1, 0.15) is 5.75 Å². The van der Waals surface area contributed by atoms with Gasteiger partial charge in [0, 0.05) is 6.04 Å². The van der Waals surface area contributed by atoms with E-state index in [0.29, 0.717) is 6.42 Å². The van der Waals surface area contributed by atoms with Crippen LogP contribution in [0, 0.1) is 0 Å². The summed E-state index contributed by atoms with van der Waals surface area (Å²) in [5.41, 5.74) is 7.77. The molecule has 0 heterocycles. The van der Waals surface area contributed by atoms with Gasteiger partial charge in [0.05, 0.1) is 13.2 Å². The topological polar surface area (TPSA) is 55.5 Å². The lowest BCUT2D eigenvalue weighted by atomic mass is 10.1. The number of fused-ring (bicyclic) bond motifs is 1. The summed E-state index contributed by atoms with van der Waals surface area (Å²) in [6, 6.07) is 5.62. The fraction of sp³-hybridized carbons (Fsp3) is 0.400. The highest BCUT2D eigenvalue weighted by Gasteiger charge is 2.27. The molecule has 0 spiro atoms. The molecule has 13 heavy (non-hydrogen) atoms. The molecule has 0 aromatic heterocycles. The Balaban J connectivity index is 2.46. The van der Waals surface area contributed by atoms with E-state index in [9.17, 15) is 5.11 Å². The zero-order chi connectivity index (χ0) is 9.42. The minimum absolute atomic E-state index is 0.0316. The van der Waals surface area contributed by atoms with Gasteiger partial charge in [-0.25, -0.2) is 0 Å². The third kappa shape index (κ3) is 1.30. The average Bonchev–Trinajstić information content (AvgIpc) is 2.42. The predicted molar refractivity (Wildman–Crippen MR) is 49.5 cm³/mol. The molecule has 1 aromatic rings. The van der Waals surface area contributed by atoms with Gasteiger partial charge in [-0.3, -0.25) is 0 Å². The Morgan fingerprint density at radius 1 is 1.46 bits per heavy atom. The van der Waals surface area contributed by atoms with Gasteiger partial charge in [-0.1, -0.05) is 6.07 Å². The van der Waals surface area contributed by atoms with Crippen LogP contribution in [0.1, 0.15) is 29.7 Å². The standard InChI is InChI=1S/C10H13NO2/c1-13-6-2-3-7-8(4-6)10(12)5-9(7)11/h2-4,9-10,12H,5,11H2,1H3. The van der Waals surface area contributed by atoms with Crippen molar-refractivity contribution in [1.29, 1.82) is 0 Å². The van der Waals surface area contributed by atoms with Crippen molar-refractivity contribution in [3.8, 4) is 5.75 Å². The van der Waals surface area contributed by atoms with Crippen LogP contribution in [-0.2, 0) is 0 Å². The van der Waals surface area contributed by atoms with E-state index in [1.54, 1.807) is 7.11 Å². The van der Waals surface area contributed by atoms with Crippen LogP contribution in [0.15, 0.2) is 18.2 Å². The van der Waals surface area contributed by atoms with E-state index in [1.165, 1.54) is 0 Å². The van der Waals surface area contributed by atoms with Gasteiger partial charge in [0.15, 0.2) is 0 Å². The van der Waals surface area contributed by atoms with Crippen molar-refractivity contribution in [2.45, 2.75) is 18.6 Å². The van der Waals surface area contributed by atoms with Crippen LogP contribution < -0.4 is 10.5 Å². The second kappa shape index (κ2) is 3.01. The van der Waals surface area contributed by atoms with Crippen molar-refractivity contribution < 1.29 is 9.84 Å². The fourth-order valence-corrected chi connectivity index (χ4v) is 1.80. The van der Waals surface area contributed by atoms with Crippen molar-refractivity contribution in [2.75, 3.05) is 7.11 Å². The van der Waals surface area contributed by atoms with Gasteiger partial charge in [-0.2, -0.15) is 0 Å². The highest BCUT2D eigenvalue weighted by atomic mass is 16.5. The molecule has 70 valence electrons. The third-order valence-corrected chi connectivity index (χ3v) is 2.53. The molecular weight excluding hydrogens is 166 g/mol. The van der Waals surface area contributed by atoms with E-state index in [2.05, 4.69) is 0 Å². The second-order valence-electron chi connectivity index (χ2n) is 3.35. The van der Waals surface area contributed by atoms with Crippen molar-refractivity contribution in [2.24, 2.45) is 5.73 Å². The zero-order valence-corrected chi connectivity index (χ0v) is 7.53. The molecule has 0 bridgehead atoms. The molecule has 2 rings (SSSR count). The number of rotatable bonds is 1. The van der Waals surface area contributed by atoms with Crippen molar-refractivity contribution in [3.63, 3.8) is 0 Å². The molecule has 3 nitrogen and oxygen atoms in total. The maximum absolute atomic E-state index is 9.64. The number of methoxy groups -OCH3 is 1. The maximum atomic E-state index is 9.64. The number of hydrogen-bond acceptors (Lipinski definition) is 3. The van der Waals surface area contributed by atoms with Crippen molar-refractivity contribution >= 4 is 0 Å². The number of nitrogens with two attached hydrogens (primary N) is 1. The van der Waals surface area contributed by atoms with Gasteiger partial charge in [-0.15, -0.1) is 0 Å². The molecule has 1 aliphatic carbocycles. The summed E-state index contributed by atoms with van der Waals surface area (Å²) in [6.45, 7) is 0. The van der Waals surface area contributed by atoms with E-state index >= 15 is 0 Å². The quantitative estimate of drug-likeness (QED) is 0.679. The first-order valence-corrected chi connectivity index (χ1v) is 4.34. The van der Waals surface area contributed by atoms with Gasteiger partial charge < -0.3 is 15.6 Å². The second-order valence-corrected chi connectivity index (χ2v) is 3.35. The van der Waals surface area contributed by atoms with Crippen LogP contribution >= 0.6 is 0 Å². The number of aliphatic hydroxyl groups is 1. The average molecular weight is 179 g/mol. The normalized spacial score (nSPS) is 25.8. The van der Waals surface area contributed by atoms with E-state index < -0.39 is 6.10 Å². The Labute approximate surface area is 77.1 Å². The summed E-state index contributed by atoms with van der Waals surface area (Å²) in [6.07, 6.45) is 0.183. The van der Waals surface area contributed by atoms with E-state index in [-0.39, 0.29) is 6.04 Å². The Morgan fingerprint density at radius 3 is 2.92 bits per heavy atom. The summed E-state index contributed by atoms with van der Waals surface area (Å²) >= 11 is 0. The predicted octanol–water partition coefficient (Wildman–Crippen LogP) is 1.13. The number of ether oxygens (including phenoxy) is 1. The van der Waals surface area contributed by atoms with Crippen LogP contribution in [0.5, 0.6) is 5.75 Å². The Bertz CT molecular complexity index is 325. The smallest absolute Gasteiger partial charge is 0.119 e. The first-order chi connectivity index (χ1) is 6.22. The van der Waals surface area contributed by atoms with E-state index in [4.69, 9.17) is 10.5 Å².